The number of nitrogen functional groups attached to an aromatic ring is 1. The topological polar surface area (TPSA) is 63.4 Å². The molecule has 94 valence electrons. The summed E-state index contributed by atoms with van der Waals surface area (Å²) in [5.74, 6) is 0.0434. The molecule has 1 aromatic rings. The number of hydrogen-bond donors (Lipinski definition) is 1. The minimum atomic E-state index is -0.132. The van der Waals surface area contributed by atoms with Crippen molar-refractivity contribution in [3.05, 3.63) is 24.3 Å². The molecule has 1 aliphatic heterocycles. The van der Waals surface area contributed by atoms with Gasteiger partial charge in [-0.1, -0.05) is 19.1 Å². The number of carbonyl (C=O) groups is 2. The zero-order valence-electron chi connectivity index (χ0n) is 10.3. The van der Waals surface area contributed by atoms with Crippen molar-refractivity contribution in [2.75, 3.05) is 10.6 Å². The van der Waals surface area contributed by atoms with Crippen LogP contribution in [0, 0.1) is 17.8 Å². The second-order valence-corrected chi connectivity index (χ2v) is 5.36. The van der Waals surface area contributed by atoms with E-state index in [1.807, 2.05) is 0 Å². The van der Waals surface area contributed by atoms with Crippen molar-refractivity contribution in [1.82, 2.24) is 0 Å². The minimum Gasteiger partial charge on any atom is -0.397 e. The maximum atomic E-state index is 12.3. The van der Waals surface area contributed by atoms with E-state index in [1.54, 1.807) is 24.3 Å². The average Bonchev–Trinajstić information content (AvgIpc) is 2.82. The van der Waals surface area contributed by atoms with Gasteiger partial charge in [0.15, 0.2) is 0 Å². The second kappa shape index (κ2) is 3.83. The van der Waals surface area contributed by atoms with Crippen LogP contribution in [0.25, 0.3) is 0 Å². The molecule has 18 heavy (non-hydrogen) atoms. The Hall–Kier alpha value is -1.84. The van der Waals surface area contributed by atoms with Crippen LogP contribution < -0.4 is 10.6 Å². The van der Waals surface area contributed by atoms with Crippen LogP contribution >= 0.6 is 0 Å². The Morgan fingerprint density at radius 3 is 2.22 bits per heavy atom. The molecule has 0 aromatic heterocycles. The monoisotopic (exact) mass is 244 g/mol. The minimum absolute atomic E-state index is 0.0766. The molecular formula is C14H16N2O2. The average molecular weight is 244 g/mol. The molecule has 2 unspecified atom stereocenters. The highest BCUT2D eigenvalue weighted by molar-refractivity contribution is 6.23. The van der Waals surface area contributed by atoms with E-state index in [2.05, 4.69) is 6.92 Å². The highest BCUT2D eigenvalue weighted by Gasteiger charge is 2.52. The van der Waals surface area contributed by atoms with Gasteiger partial charge in [-0.15, -0.1) is 0 Å². The lowest BCUT2D eigenvalue weighted by molar-refractivity contribution is -0.123. The van der Waals surface area contributed by atoms with Crippen LogP contribution in [0.3, 0.4) is 0 Å². The van der Waals surface area contributed by atoms with Crippen molar-refractivity contribution < 1.29 is 9.59 Å². The number of benzene rings is 1. The van der Waals surface area contributed by atoms with Crippen molar-refractivity contribution in [2.45, 2.75) is 19.8 Å². The van der Waals surface area contributed by atoms with E-state index in [0.717, 1.165) is 12.8 Å². The number of para-hydroxylation sites is 2. The van der Waals surface area contributed by atoms with Crippen LogP contribution in [0.2, 0.25) is 0 Å². The number of nitrogens with two attached hydrogens (primary N) is 1. The molecule has 0 bridgehead atoms. The van der Waals surface area contributed by atoms with Crippen molar-refractivity contribution >= 4 is 23.2 Å². The number of amides is 2. The Labute approximate surface area is 106 Å². The predicted molar refractivity (Wildman–Crippen MR) is 68.7 cm³/mol. The molecule has 2 N–H and O–H groups in total. The first-order chi connectivity index (χ1) is 8.59. The molecule has 0 radical (unpaired) electrons. The number of carbonyl (C=O) groups excluding carboxylic acids is 2. The Balaban J connectivity index is 1.99. The third-order valence-corrected chi connectivity index (χ3v) is 4.05. The van der Waals surface area contributed by atoms with E-state index < -0.39 is 0 Å². The summed E-state index contributed by atoms with van der Waals surface area (Å²) in [4.78, 5) is 26.0. The smallest absolute Gasteiger partial charge is 0.237 e. The van der Waals surface area contributed by atoms with E-state index in [4.69, 9.17) is 5.73 Å². The Kier molecular flexibility index (Phi) is 2.40. The number of imide groups is 1. The molecule has 4 nitrogen and oxygen atoms in total. The summed E-state index contributed by atoms with van der Waals surface area (Å²) in [7, 11) is 0. The number of nitrogens with zero attached hydrogens (tertiary/aromatic N) is 1. The summed E-state index contributed by atoms with van der Waals surface area (Å²) in [6.07, 6.45) is 1.64. The summed E-state index contributed by atoms with van der Waals surface area (Å²) in [6, 6.07) is 7.04. The fourth-order valence-corrected chi connectivity index (χ4v) is 3.21. The van der Waals surface area contributed by atoms with Gasteiger partial charge in [-0.2, -0.15) is 0 Å². The molecule has 1 aromatic carbocycles. The van der Waals surface area contributed by atoms with Gasteiger partial charge in [-0.3, -0.25) is 9.59 Å². The summed E-state index contributed by atoms with van der Waals surface area (Å²) < 4.78 is 0. The zero-order chi connectivity index (χ0) is 12.9. The molecule has 0 spiro atoms. The summed E-state index contributed by atoms with van der Waals surface area (Å²) in [5, 5.41) is 0. The molecule has 4 heteroatoms. The molecule has 2 aliphatic rings. The molecule has 1 aliphatic carbocycles. The van der Waals surface area contributed by atoms with Crippen molar-refractivity contribution in [2.24, 2.45) is 17.8 Å². The van der Waals surface area contributed by atoms with Gasteiger partial charge >= 0.3 is 0 Å². The third kappa shape index (κ3) is 1.45. The molecule has 2 amide bonds. The summed E-state index contributed by atoms with van der Waals surface area (Å²) >= 11 is 0. The lowest BCUT2D eigenvalue weighted by Gasteiger charge is -2.18. The SMILES string of the molecule is CC1CC2C(=O)N(c3ccccc3N)C(=O)C2C1. The highest BCUT2D eigenvalue weighted by atomic mass is 16.2. The number of fused-ring (bicyclic) bond motifs is 1. The number of anilines is 2. The Morgan fingerprint density at radius 1 is 1.11 bits per heavy atom. The largest absolute Gasteiger partial charge is 0.397 e. The van der Waals surface area contributed by atoms with Crippen LogP contribution in [0.15, 0.2) is 24.3 Å². The first-order valence-electron chi connectivity index (χ1n) is 6.32. The number of hydrogen-bond acceptors (Lipinski definition) is 3. The fourth-order valence-electron chi connectivity index (χ4n) is 3.21. The third-order valence-electron chi connectivity index (χ3n) is 4.05. The predicted octanol–water partition coefficient (Wildman–Crippen LogP) is 1.80. The van der Waals surface area contributed by atoms with Crippen LogP contribution in [0.4, 0.5) is 11.4 Å². The lowest BCUT2D eigenvalue weighted by Crippen LogP contribution is -2.32. The van der Waals surface area contributed by atoms with E-state index in [-0.39, 0.29) is 23.7 Å². The Morgan fingerprint density at radius 2 is 1.67 bits per heavy atom. The van der Waals surface area contributed by atoms with Gasteiger partial charge in [0.25, 0.3) is 0 Å². The van der Waals surface area contributed by atoms with Gasteiger partial charge in [0.05, 0.1) is 23.2 Å². The van der Waals surface area contributed by atoms with Gasteiger partial charge in [0, 0.05) is 0 Å². The van der Waals surface area contributed by atoms with E-state index in [1.165, 1.54) is 4.90 Å². The molecular weight excluding hydrogens is 228 g/mol. The quantitative estimate of drug-likeness (QED) is 0.605. The molecule has 1 saturated carbocycles. The normalized spacial score (nSPS) is 30.9. The van der Waals surface area contributed by atoms with Crippen LogP contribution in [0.1, 0.15) is 19.8 Å². The summed E-state index contributed by atoms with van der Waals surface area (Å²) in [6.45, 7) is 2.10. The molecule has 2 atom stereocenters. The van der Waals surface area contributed by atoms with Crippen molar-refractivity contribution in [1.29, 1.82) is 0 Å². The van der Waals surface area contributed by atoms with Gasteiger partial charge in [-0.05, 0) is 30.9 Å². The molecule has 2 fully saturated rings. The second-order valence-electron chi connectivity index (χ2n) is 5.36. The number of rotatable bonds is 1. The highest BCUT2D eigenvalue weighted by Crippen LogP contribution is 2.45. The van der Waals surface area contributed by atoms with E-state index >= 15 is 0 Å². The van der Waals surface area contributed by atoms with E-state index in [9.17, 15) is 9.59 Å². The van der Waals surface area contributed by atoms with Gasteiger partial charge in [0.2, 0.25) is 11.8 Å². The van der Waals surface area contributed by atoms with Gasteiger partial charge < -0.3 is 5.73 Å². The van der Waals surface area contributed by atoms with Crippen molar-refractivity contribution in [3.63, 3.8) is 0 Å². The van der Waals surface area contributed by atoms with Crippen molar-refractivity contribution in [3.8, 4) is 0 Å². The van der Waals surface area contributed by atoms with Gasteiger partial charge in [0.1, 0.15) is 0 Å². The fraction of sp³-hybridized carbons (Fsp3) is 0.429. The standard InChI is InChI=1S/C14H16N2O2/c1-8-6-9-10(7-8)14(18)16(13(9)17)12-5-3-2-4-11(12)15/h2-5,8-10H,6-7,15H2,1H3. The Bertz CT molecular complexity index is 502. The maximum absolute atomic E-state index is 12.3. The maximum Gasteiger partial charge on any atom is 0.237 e. The first-order valence-corrected chi connectivity index (χ1v) is 6.32. The lowest BCUT2D eigenvalue weighted by atomic mass is 10.00. The molecule has 3 rings (SSSR count). The molecule has 1 heterocycles. The van der Waals surface area contributed by atoms with Crippen LogP contribution in [-0.2, 0) is 9.59 Å². The summed E-state index contributed by atoms with van der Waals surface area (Å²) in [5.41, 5.74) is 6.87. The van der Waals surface area contributed by atoms with Gasteiger partial charge in [-0.25, -0.2) is 4.90 Å². The molecule has 1 saturated heterocycles. The van der Waals surface area contributed by atoms with Crippen LogP contribution in [-0.4, -0.2) is 11.8 Å². The first kappa shape index (κ1) is 11.3. The van der Waals surface area contributed by atoms with E-state index in [0.29, 0.717) is 17.3 Å². The van der Waals surface area contributed by atoms with Crippen LogP contribution in [0.5, 0.6) is 0 Å². The zero-order valence-corrected chi connectivity index (χ0v) is 10.3.